The van der Waals surface area contributed by atoms with Crippen LogP contribution in [0.2, 0.25) is 5.02 Å². The van der Waals surface area contributed by atoms with Crippen LogP contribution >= 0.6 is 11.6 Å². The van der Waals surface area contributed by atoms with Gasteiger partial charge in [0.1, 0.15) is 28.9 Å². The molecule has 1 unspecified atom stereocenters. The van der Waals surface area contributed by atoms with Crippen molar-refractivity contribution in [1.29, 1.82) is 5.26 Å². The molecule has 1 heterocycles. The van der Waals surface area contributed by atoms with Crippen LogP contribution in [0.1, 0.15) is 34.3 Å². The lowest BCUT2D eigenvalue weighted by Crippen LogP contribution is -2.21. The number of rotatable bonds is 5. The molecular formula is C25H19ClN2O4. The van der Waals surface area contributed by atoms with E-state index in [0.29, 0.717) is 34.3 Å². The Morgan fingerprint density at radius 2 is 1.94 bits per heavy atom. The Bertz CT molecular complexity index is 1260. The van der Waals surface area contributed by atoms with Crippen LogP contribution in [0.15, 0.2) is 78.2 Å². The van der Waals surface area contributed by atoms with Gasteiger partial charge < -0.3 is 19.9 Å². The molecule has 4 rings (SSSR count). The van der Waals surface area contributed by atoms with Gasteiger partial charge >= 0.3 is 5.97 Å². The fraction of sp³-hybridized carbons (Fsp3) is 0.120. The summed E-state index contributed by atoms with van der Waals surface area (Å²) in [5, 5.41) is 10.2. The number of ether oxygens (including phenoxy) is 3. The van der Waals surface area contributed by atoms with Crippen LogP contribution in [0, 0.1) is 11.3 Å². The fourth-order valence-electron chi connectivity index (χ4n) is 3.61. The molecule has 1 atom stereocenters. The average molecular weight is 447 g/mol. The topological polar surface area (TPSA) is 94.6 Å². The lowest BCUT2D eigenvalue weighted by Gasteiger charge is -2.27. The van der Waals surface area contributed by atoms with Crippen molar-refractivity contribution in [2.24, 2.45) is 5.73 Å². The highest BCUT2D eigenvalue weighted by atomic mass is 35.5. The summed E-state index contributed by atoms with van der Waals surface area (Å²) < 4.78 is 17.0. The second-order valence-electron chi connectivity index (χ2n) is 7.00. The van der Waals surface area contributed by atoms with Crippen molar-refractivity contribution in [3.8, 4) is 23.3 Å². The first-order valence-electron chi connectivity index (χ1n) is 9.92. The molecule has 3 aromatic carbocycles. The fourth-order valence-corrected chi connectivity index (χ4v) is 3.80. The van der Waals surface area contributed by atoms with Crippen LogP contribution in [0.4, 0.5) is 0 Å². The standard InChI is InChI=1S/C25H19ClN2O4/c1-2-30-21-9-4-3-8-18(21)23-19-11-10-17(13-22(19)32-24(28)20(23)14-27)31-25(29)15-6-5-7-16(26)12-15/h3-13,23H,2,28H2,1H3. The maximum atomic E-state index is 12.5. The molecule has 0 spiro atoms. The number of hydrogen-bond acceptors (Lipinski definition) is 6. The van der Waals surface area contributed by atoms with Crippen LogP contribution < -0.4 is 19.9 Å². The first-order chi connectivity index (χ1) is 15.5. The quantitative estimate of drug-likeness (QED) is 0.429. The molecule has 0 radical (unpaired) electrons. The van der Waals surface area contributed by atoms with Crippen molar-refractivity contribution in [2.75, 3.05) is 6.61 Å². The van der Waals surface area contributed by atoms with E-state index in [-0.39, 0.29) is 17.2 Å². The van der Waals surface area contributed by atoms with Gasteiger partial charge in [-0.15, -0.1) is 0 Å². The van der Waals surface area contributed by atoms with E-state index in [1.54, 1.807) is 36.4 Å². The van der Waals surface area contributed by atoms with Gasteiger partial charge in [-0.2, -0.15) is 5.26 Å². The minimum Gasteiger partial charge on any atom is -0.494 e. The molecule has 32 heavy (non-hydrogen) atoms. The Hall–Kier alpha value is -3.95. The highest BCUT2D eigenvalue weighted by Gasteiger charge is 2.33. The number of nitriles is 1. The molecule has 7 heteroatoms. The number of fused-ring (bicyclic) bond motifs is 1. The average Bonchev–Trinajstić information content (AvgIpc) is 2.79. The first kappa shape index (κ1) is 21.3. The van der Waals surface area contributed by atoms with Gasteiger partial charge in [0.15, 0.2) is 0 Å². The molecule has 1 aliphatic heterocycles. The van der Waals surface area contributed by atoms with Gasteiger partial charge in [-0.3, -0.25) is 0 Å². The third-order valence-corrected chi connectivity index (χ3v) is 5.23. The van der Waals surface area contributed by atoms with E-state index in [2.05, 4.69) is 6.07 Å². The molecule has 6 nitrogen and oxygen atoms in total. The summed E-state index contributed by atoms with van der Waals surface area (Å²) in [6.45, 7) is 2.37. The van der Waals surface area contributed by atoms with Crippen LogP contribution in [0.3, 0.4) is 0 Å². The Balaban J connectivity index is 1.72. The summed E-state index contributed by atoms with van der Waals surface area (Å²) >= 11 is 5.96. The highest BCUT2D eigenvalue weighted by molar-refractivity contribution is 6.30. The van der Waals surface area contributed by atoms with E-state index in [9.17, 15) is 10.1 Å². The van der Waals surface area contributed by atoms with Gasteiger partial charge in [0.25, 0.3) is 0 Å². The lowest BCUT2D eigenvalue weighted by atomic mass is 9.83. The first-order valence-corrected chi connectivity index (χ1v) is 10.3. The Kier molecular flexibility index (Phi) is 6.02. The van der Waals surface area contributed by atoms with Gasteiger partial charge in [0, 0.05) is 22.2 Å². The summed E-state index contributed by atoms with van der Waals surface area (Å²) in [5.74, 6) is 0.291. The number of benzene rings is 3. The maximum Gasteiger partial charge on any atom is 0.343 e. The number of carbonyl (C=O) groups excluding carboxylic acids is 1. The van der Waals surface area contributed by atoms with Crippen LogP contribution in [-0.4, -0.2) is 12.6 Å². The van der Waals surface area contributed by atoms with Crippen LogP contribution in [0.5, 0.6) is 17.2 Å². The highest BCUT2D eigenvalue weighted by Crippen LogP contribution is 2.45. The number of nitrogens with zero attached hydrogens (tertiary/aromatic N) is 1. The van der Waals surface area contributed by atoms with Crippen LogP contribution in [0.25, 0.3) is 0 Å². The number of para-hydroxylation sites is 1. The van der Waals surface area contributed by atoms with Gasteiger partial charge in [0.05, 0.1) is 18.1 Å². The van der Waals surface area contributed by atoms with E-state index in [0.717, 1.165) is 5.56 Å². The monoisotopic (exact) mass is 446 g/mol. The summed E-state index contributed by atoms with van der Waals surface area (Å²) in [5.41, 5.74) is 8.20. The number of carbonyl (C=O) groups is 1. The summed E-state index contributed by atoms with van der Waals surface area (Å²) in [7, 11) is 0. The molecule has 0 saturated carbocycles. The Labute approximate surface area is 190 Å². The van der Waals surface area contributed by atoms with Crippen molar-refractivity contribution in [3.05, 3.63) is 99.9 Å². The third kappa shape index (κ3) is 4.11. The smallest absolute Gasteiger partial charge is 0.343 e. The molecule has 160 valence electrons. The predicted octanol–water partition coefficient (Wildman–Crippen LogP) is 5.18. The van der Waals surface area contributed by atoms with E-state index < -0.39 is 11.9 Å². The van der Waals surface area contributed by atoms with E-state index in [1.165, 1.54) is 6.07 Å². The van der Waals surface area contributed by atoms with Crippen molar-refractivity contribution in [1.82, 2.24) is 0 Å². The minimum absolute atomic E-state index is 0.00498. The van der Waals surface area contributed by atoms with Gasteiger partial charge in [-0.25, -0.2) is 4.79 Å². The molecule has 3 aromatic rings. The predicted molar refractivity (Wildman–Crippen MR) is 120 cm³/mol. The van der Waals surface area contributed by atoms with E-state index in [4.69, 9.17) is 31.5 Å². The van der Waals surface area contributed by atoms with E-state index >= 15 is 0 Å². The number of nitrogens with two attached hydrogens (primary N) is 1. The summed E-state index contributed by atoms with van der Waals surface area (Å²) in [4.78, 5) is 12.5. The van der Waals surface area contributed by atoms with Gasteiger partial charge in [-0.1, -0.05) is 41.9 Å². The summed E-state index contributed by atoms with van der Waals surface area (Å²) in [6.07, 6.45) is 0. The Morgan fingerprint density at radius 3 is 2.69 bits per heavy atom. The zero-order valence-corrected chi connectivity index (χ0v) is 17.9. The van der Waals surface area contributed by atoms with Crippen molar-refractivity contribution < 1.29 is 19.0 Å². The van der Waals surface area contributed by atoms with E-state index in [1.807, 2.05) is 31.2 Å². The molecule has 0 aromatic heterocycles. The molecule has 0 bridgehead atoms. The lowest BCUT2D eigenvalue weighted by molar-refractivity contribution is 0.0734. The van der Waals surface area contributed by atoms with Gasteiger partial charge in [-0.05, 0) is 37.3 Å². The largest absolute Gasteiger partial charge is 0.494 e. The SMILES string of the molecule is CCOc1ccccc1C1C(C#N)=C(N)Oc2cc(OC(=O)c3cccc(Cl)c3)ccc21. The van der Waals surface area contributed by atoms with Crippen molar-refractivity contribution >= 4 is 17.6 Å². The number of esters is 1. The normalized spacial score (nSPS) is 14.7. The molecule has 1 aliphatic rings. The van der Waals surface area contributed by atoms with Crippen molar-refractivity contribution in [2.45, 2.75) is 12.8 Å². The zero-order chi connectivity index (χ0) is 22.7. The second-order valence-corrected chi connectivity index (χ2v) is 7.43. The number of hydrogen-bond donors (Lipinski definition) is 1. The van der Waals surface area contributed by atoms with Gasteiger partial charge in [0.2, 0.25) is 5.88 Å². The van der Waals surface area contributed by atoms with Crippen LogP contribution in [-0.2, 0) is 0 Å². The molecule has 0 saturated heterocycles. The van der Waals surface area contributed by atoms with Crippen molar-refractivity contribution in [3.63, 3.8) is 0 Å². The molecular weight excluding hydrogens is 428 g/mol. The minimum atomic E-state index is -0.553. The Morgan fingerprint density at radius 1 is 1.12 bits per heavy atom. The number of halogens is 1. The summed E-state index contributed by atoms with van der Waals surface area (Å²) in [6, 6.07) is 21.1. The second kappa shape index (κ2) is 9.04. The number of allylic oxidation sites excluding steroid dienone is 1. The molecule has 0 fully saturated rings. The maximum absolute atomic E-state index is 12.5. The molecule has 0 aliphatic carbocycles. The molecule has 2 N–H and O–H groups in total. The molecule has 0 amide bonds. The third-order valence-electron chi connectivity index (χ3n) is 4.99. The zero-order valence-electron chi connectivity index (χ0n) is 17.2.